The molecule has 110 valence electrons. The predicted octanol–water partition coefficient (Wildman–Crippen LogP) is 4.54. The molecular weight excluding hydrogens is 251 g/mol. The number of allylic oxidation sites excluding steroid dienone is 1. The lowest BCUT2D eigenvalue weighted by atomic mass is 9.92. The van der Waals surface area contributed by atoms with Gasteiger partial charge in [0.05, 0.1) is 17.9 Å². The van der Waals surface area contributed by atoms with Gasteiger partial charge in [-0.2, -0.15) is 0 Å². The van der Waals surface area contributed by atoms with E-state index < -0.39 is 0 Å². The van der Waals surface area contributed by atoms with Crippen LogP contribution in [0.25, 0.3) is 0 Å². The van der Waals surface area contributed by atoms with Crippen LogP contribution in [-0.2, 0) is 0 Å². The molecule has 1 aromatic heterocycles. The molecule has 2 rings (SSSR count). The minimum atomic E-state index is -0.274. The summed E-state index contributed by atoms with van der Waals surface area (Å²) in [5, 5.41) is 3.58. The average molecular weight is 276 g/mol. The van der Waals surface area contributed by atoms with E-state index in [1.165, 1.54) is 43.5 Å². The molecule has 1 heterocycles. The lowest BCUT2D eigenvalue weighted by molar-refractivity contribution is 0.487. The summed E-state index contributed by atoms with van der Waals surface area (Å²) in [5.41, 5.74) is 2.34. The van der Waals surface area contributed by atoms with Crippen molar-refractivity contribution in [2.24, 2.45) is 0 Å². The Morgan fingerprint density at radius 3 is 2.65 bits per heavy atom. The van der Waals surface area contributed by atoms with Gasteiger partial charge in [-0.3, -0.25) is 4.98 Å². The summed E-state index contributed by atoms with van der Waals surface area (Å²) in [6.07, 6.45) is 11.1. The van der Waals surface area contributed by atoms with E-state index in [0.717, 1.165) is 18.5 Å². The van der Waals surface area contributed by atoms with Crippen LogP contribution in [0.5, 0.6) is 0 Å². The molecule has 0 bridgehead atoms. The van der Waals surface area contributed by atoms with Crippen molar-refractivity contribution in [3.05, 3.63) is 41.5 Å². The number of halogens is 1. The van der Waals surface area contributed by atoms with Crippen molar-refractivity contribution in [1.29, 1.82) is 0 Å². The Hall–Kier alpha value is -1.22. The van der Waals surface area contributed by atoms with Gasteiger partial charge in [-0.1, -0.05) is 24.5 Å². The molecule has 1 aliphatic rings. The smallest absolute Gasteiger partial charge is 0.141 e. The van der Waals surface area contributed by atoms with Gasteiger partial charge >= 0.3 is 0 Å². The first-order valence-corrected chi connectivity index (χ1v) is 7.73. The van der Waals surface area contributed by atoms with Crippen molar-refractivity contribution in [3.63, 3.8) is 0 Å². The Bertz CT molecular complexity index is 437. The molecule has 0 spiro atoms. The number of rotatable bonds is 4. The van der Waals surface area contributed by atoms with Crippen molar-refractivity contribution in [3.8, 4) is 0 Å². The van der Waals surface area contributed by atoms with E-state index in [0.29, 0.717) is 6.04 Å². The maximum atomic E-state index is 13.1. The maximum Gasteiger partial charge on any atom is 0.141 e. The van der Waals surface area contributed by atoms with E-state index in [9.17, 15) is 4.39 Å². The van der Waals surface area contributed by atoms with Crippen LogP contribution in [-0.4, -0.2) is 11.0 Å². The molecule has 20 heavy (non-hydrogen) atoms. The number of nitrogens with zero attached hydrogens (tertiary/aromatic N) is 1. The third kappa shape index (κ3) is 4.41. The number of hydrogen-bond acceptors (Lipinski definition) is 2. The zero-order valence-electron chi connectivity index (χ0n) is 12.5. The van der Waals surface area contributed by atoms with E-state index >= 15 is 0 Å². The van der Waals surface area contributed by atoms with Crippen LogP contribution in [0.1, 0.15) is 64.1 Å². The van der Waals surface area contributed by atoms with Crippen molar-refractivity contribution in [2.75, 3.05) is 0 Å². The van der Waals surface area contributed by atoms with Crippen molar-refractivity contribution < 1.29 is 4.39 Å². The van der Waals surface area contributed by atoms with Crippen LogP contribution in [0.2, 0.25) is 0 Å². The maximum absolute atomic E-state index is 13.1. The van der Waals surface area contributed by atoms with Gasteiger partial charge in [-0.05, 0) is 51.7 Å². The van der Waals surface area contributed by atoms with Crippen molar-refractivity contribution >= 4 is 0 Å². The van der Waals surface area contributed by atoms with Gasteiger partial charge in [-0.25, -0.2) is 4.39 Å². The fourth-order valence-corrected chi connectivity index (χ4v) is 2.75. The summed E-state index contributed by atoms with van der Waals surface area (Å²) in [6.45, 7) is 4.28. The molecule has 3 heteroatoms. The Morgan fingerprint density at radius 2 is 1.95 bits per heavy atom. The third-order valence-corrected chi connectivity index (χ3v) is 3.74. The molecule has 0 radical (unpaired) electrons. The second-order valence-electron chi connectivity index (χ2n) is 5.89. The average Bonchev–Trinajstić information content (AvgIpc) is 2.37. The summed E-state index contributed by atoms with van der Waals surface area (Å²) in [5.74, 6) is -0.274. The van der Waals surface area contributed by atoms with E-state index in [4.69, 9.17) is 0 Å². The predicted molar refractivity (Wildman–Crippen MR) is 81.0 cm³/mol. The lowest BCUT2D eigenvalue weighted by Gasteiger charge is -2.25. The van der Waals surface area contributed by atoms with Crippen LogP contribution in [0.4, 0.5) is 4.39 Å². The molecule has 0 saturated heterocycles. The van der Waals surface area contributed by atoms with Gasteiger partial charge in [0.15, 0.2) is 0 Å². The fourth-order valence-electron chi connectivity index (χ4n) is 2.75. The van der Waals surface area contributed by atoms with Gasteiger partial charge in [-0.15, -0.1) is 0 Å². The van der Waals surface area contributed by atoms with E-state index in [1.807, 2.05) is 0 Å². The SMILES string of the molecule is CC(C)NC(/C1=C/CCCCCC1)c1ccc(F)cn1. The summed E-state index contributed by atoms with van der Waals surface area (Å²) >= 11 is 0. The minimum Gasteiger partial charge on any atom is -0.303 e. The summed E-state index contributed by atoms with van der Waals surface area (Å²) in [4.78, 5) is 4.28. The molecule has 0 aliphatic heterocycles. The van der Waals surface area contributed by atoms with E-state index in [1.54, 1.807) is 6.07 Å². The summed E-state index contributed by atoms with van der Waals surface area (Å²) in [6, 6.07) is 3.79. The number of aromatic nitrogens is 1. The number of hydrogen-bond donors (Lipinski definition) is 1. The van der Waals surface area contributed by atoms with Crippen molar-refractivity contribution in [2.45, 2.75) is 64.5 Å². The quantitative estimate of drug-likeness (QED) is 0.817. The Balaban J connectivity index is 2.23. The van der Waals surface area contributed by atoms with E-state index in [2.05, 4.69) is 30.2 Å². The molecule has 0 saturated carbocycles. The van der Waals surface area contributed by atoms with Gasteiger partial charge in [0.25, 0.3) is 0 Å². The standard InChI is InChI=1S/C17H25FN2/c1-13(2)20-17(16-11-10-15(18)12-19-16)14-8-6-4-3-5-7-9-14/h8,10-13,17,20H,3-7,9H2,1-2H3/b14-8+. The number of pyridine rings is 1. The highest BCUT2D eigenvalue weighted by Gasteiger charge is 2.19. The molecule has 1 aliphatic carbocycles. The largest absolute Gasteiger partial charge is 0.303 e. The van der Waals surface area contributed by atoms with Crippen LogP contribution in [0, 0.1) is 5.82 Å². The molecular formula is C17H25FN2. The topological polar surface area (TPSA) is 24.9 Å². The minimum absolute atomic E-state index is 0.119. The van der Waals surface area contributed by atoms with Gasteiger partial charge < -0.3 is 5.32 Å². The van der Waals surface area contributed by atoms with E-state index in [-0.39, 0.29) is 11.9 Å². The summed E-state index contributed by atoms with van der Waals surface area (Å²) < 4.78 is 13.1. The second-order valence-corrected chi connectivity index (χ2v) is 5.89. The normalized spacial score (nSPS) is 20.9. The first-order chi connectivity index (χ1) is 9.66. The molecule has 1 aromatic rings. The summed E-state index contributed by atoms with van der Waals surface area (Å²) in [7, 11) is 0. The van der Waals surface area contributed by atoms with Gasteiger partial charge in [0.2, 0.25) is 0 Å². The molecule has 1 atom stereocenters. The number of nitrogens with one attached hydrogen (secondary N) is 1. The monoisotopic (exact) mass is 276 g/mol. The Kier molecular flexibility index (Phi) is 5.72. The molecule has 0 aromatic carbocycles. The van der Waals surface area contributed by atoms with Crippen molar-refractivity contribution in [1.82, 2.24) is 10.3 Å². The van der Waals surface area contributed by atoms with Crippen LogP contribution >= 0.6 is 0 Å². The highest BCUT2D eigenvalue weighted by atomic mass is 19.1. The fraction of sp³-hybridized carbons (Fsp3) is 0.588. The second kappa shape index (κ2) is 7.53. The van der Waals surface area contributed by atoms with Gasteiger partial charge in [0.1, 0.15) is 5.82 Å². The molecule has 0 fully saturated rings. The van der Waals surface area contributed by atoms with Gasteiger partial charge in [0, 0.05) is 6.04 Å². The zero-order chi connectivity index (χ0) is 14.4. The highest BCUT2D eigenvalue weighted by Crippen LogP contribution is 2.28. The lowest BCUT2D eigenvalue weighted by Crippen LogP contribution is -2.30. The highest BCUT2D eigenvalue weighted by molar-refractivity contribution is 5.23. The first-order valence-electron chi connectivity index (χ1n) is 7.73. The zero-order valence-corrected chi connectivity index (χ0v) is 12.5. The Morgan fingerprint density at radius 1 is 1.15 bits per heavy atom. The third-order valence-electron chi connectivity index (χ3n) is 3.74. The molecule has 0 amide bonds. The molecule has 2 nitrogen and oxygen atoms in total. The first kappa shape index (κ1) is 15.2. The Labute approximate surface area is 121 Å². The van der Waals surface area contributed by atoms with Crippen LogP contribution in [0.15, 0.2) is 30.0 Å². The molecule has 1 unspecified atom stereocenters. The van der Waals surface area contributed by atoms with Crippen LogP contribution < -0.4 is 5.32 Å². The molecule has 1 N–H and O–H groups in total. The van der Waals surface area contributed by atoms with Crippen LogP contribution in [0.3, 0.4) is 0 Å².